The second-order valence-electron chi connectivity index (χ2n) is 8.09. The average Bonchev–Trinajstić information content (AvgIpc) is 3.28. The molecule has 13 heteroatoms. The van der Waals surface area contributed by atoms with Gasteiger partial charge in [-0.2, -0.15) is 0 Å². The van der Waals surface area contributed by atoms with Gasteiger partial charge < -0.3 is 29.2 Å². The van der Waals surface area contributed by atoms with E-state index in [9.17, 15) is 19.2 Å². The molecule has 188 valence electrons. The van der Waals surface area contributed by atoms with Crippen molar-refractivity contribution in [2.45, 2.75) is 52.4 Å². The Bertz CT molecular complexity index is 1190. The van der Waals surface area contributed by atoms with E-state index in [1.165, 1.54) is 34.1 Å². The number of carbonyl (C=O) groups excluding carboxylic acids is 4. The van der Waals surface area contributed by atoms with Gasteiger partial charge in [-0.15, -0.1) is 0 Å². The lowest BCUT2D eigenvalue weighted by Crippen LogP contribution is -2.38. The SMILES string of the molecule is COC=Nc1nc(C)nc2c1c(C(N)=O)cn2[C@@H]1C[C@H](COC(C)=O)[C@@H](OC(C)=O)[C@H]1OC(C)=O. The van der Waals surface area contributed by atoms with Gasteiger partial charge in [-0.05, 0) is 13.3 Å². The van der Waals surface area contributed by atoms with Crippen molar-refractivity contribution >= 4 is 47.1 Å². The van der Waals surface area contributed by atoms with Crippen molar-refractivity contribution in [3.05, 3.63) is 17.6 Å². The summed E-state index contributed by atoms with van der Waals surface area (Å²) in [6, 6.07) is -0.645. The number of aromatic nitrogens is 3. The fourth-order valence-electron chi connectivity index (χ4n) is 4.29. The maximum absolute atomic E-state index is 12.3. The van der Waals surface area contributed by atoms with Gasteiger partial charge in [0.2, 0.25) is 0 Å². The van der Waals surface area contributed by atoms with Gasteiger partial charge in [0.25, 0.3) is 5.91 Å². The van der Waals surface area contributed by atoms with E-state index in [4.69, 9.17) is 24.7 Å². The Labute approximate surface area is 200 Å². The molecule has 1 saturated carbocycles. The summed E-state index contributed by atoms with van der Waals surface area (Å²) >= 11 is 0. The Kier molecular flexibility index (Phi) is 7.67. The quantitative estimate of drug-likeness (QED) is 0.245. The lowest BCUT2D eigenvalue weighted by atomic mass is 10.1. The van der Waals surface area contributed by atoms with Gasteiger partial charge >= 0.3 is 17.9 Å². The van der Waals surface area contributed by atoms with Crippen LogP contribution in [-0.4, -0.2) is 70.7 Å². The van der Waals surface area contributed by atoms with Crippen molar-refractivity contribution in [1.82, 2.24) is 14.5 Å². The number of nitrogens with zero attached hydrogens (tertiary/aromatic N) is 4. The van der Waals surface area contributed by atoms with Crippen LogP contribution in [0.5, 0.6) is 0 Å². The number of methoxy groups -OCH3 is 1. The highest BCUT2D eigenvalue weighted by Gasteiger charge is 2.49. The van der Waals surface area contributed by atoms with Gasteiger partial charge in [0, 0.05) is 32.9 Å². The number of nitrogens with two attached hydrogens (primary N) is 1. The monoisotopic (exact) mass is 489 g/mol. The number of amides is 1. The number of hydrogen-bond acceptors (Lipinski definition) is 11. The molecule has 2 aromatic heterocycles. The minimum absolute atomic E-state index is 0.0686. The van der Waals surface area contributed by atoms with Gasteiger partial charge in [0.15, 0.2) is 18.3 Å². The van der Waals surface area contributed by atoms with Gasteiger partial charge in [-0.25, -0.2) is 15.0 Å². The molecule has 4 atom stereocenters. The highest BCUT2D eigenvalue weighted by atomic mass is 16.6. The molecule has 1 fully saturated rings. The Morgan fingerprint density at radius 3 is 2.34 bits per heavy atom. The molecular weight excluding hydrogens is 462 g/mol. The summed E-state index contributed by atoms with van der Waals surface area (Å²) in [5.74, 6) is -2.43. The van der Waals surface area contributed by atoms with Crippen molar-refractivity contribution in [2.75, 3.05) is 13.7 Å². The fraction of sp³-hybridized carbons (Fsp3) is 0.500. The van der Waals surface area contributed by atoms with E-state index >= 15 is 0 Å². The molecule has 2 heterocycles. The highest BCUT2D eigenvalue weighted by molar-refractivity contribution is 6.09. The van der Waals surface area contributed by atoms with Gasteiger partial charge in [0.05, 0.1) is 30.7 Å². The first-order valence-electron chi connectivity index (χ1n) is 10.8. The zero-order valence-corrected chi connectivity index (χ0v) is 20.0. The molecule has 0 aliphatic heterocycles. The summed E-state index contributed by atoms with van der Waals surface area (Å²) in [6.07, 6.45) is 1.03. The molecule has 1 aliphatic carbocycles. The standard InChI is InChI=1S/C22H27N5O8/c1-10-25-21(24-9-32-5)17-15(20(23)31)7-27(22(17)26-10)16-6-14(8-33-11(2)28)18(34-12(3)29)19(16)35-13(4)30/h7,9,14,16,18-19H,6,8H2,1-5H3,(H2,23,31)/t14-,16-,18-,19+/m1/s1. The van der Waals surface area contributed by atoms with E-state index in [-0.39, 0.29) is 29.8 Å². The molecule has 3 rings (SSSR count). The van der Waals surface area contributed by atoms with Gasteiger partial charge in [-0.3, -0.25) is 19.2 Å². The largest absolute Gasteiger partial charge is 0.486 e. The molecule has 0 bridgehead atoms. The number of primary amides is 1. The Morgan fingerprint density at radius 1 is 1.11 bits per heavy atom. The number of aryl methyl sites for hydroxylation is 1. The molecule has 35 heavy (non-hydrogen) atoms. The molecular formula is C22H27N5O8. The van der Waals surface area contributed by atoms with E-state index in [0.717, 1.165) is 6.40 Å². The minimum atomic E-state index is -0.963. The van der Waals surface area contributed by atoms with Crippen LogP contribution in [0.15, 0.2) is 11.2 Å². The smallest absolute Gasteiger partial charge is 0.303 e. The Morgan fingerprint density at radius 2 is 1.77 bits per heavy atom. The predicted molar refractivity (Wildman–Crippen MR) is 121 cm³/mol. The average molecular weight is 489 g/mol. The van der Waals surface area contributed by atoms with Gasteiger partial charge in [-0.1, -0.05) is 0 Å². The first-order chi connectivity index (χ1) is 16.5. The molecule has 0 spiro atoms. The van der Waals surface area contributed by atoms with E-state index in [2.05, 4.69) is 15.0 Å². The Hall–Kier alpha value is -4.03. The number of esters is 3. The third kappa shape index (κ3) is 5.55. The van der Waals surface area contributed by atoms with Crippen LogP contribution in [0.25, 0.3) is 11.0 Å². The number of hydrogen-bond donors (Lipinski definition) is 1. The third-order valence-electron chi connectivity index (χ3n) is 5.48. The van der Waals surface area contributed by atoms with Crippen molar-refractivity contribution in [3.8, 4) is 0 Å². The lowest BCUT2D eigenvalue weighted by Gasteiger charge is -2.26. The maximum Gasteiger partial charge on any atom is 0.303 e. The van der Waals surface area contributed by atoms with Crippen LogP contribution in [0, 0.1) is 12.8 Å². The second-order valence-corrected chi connectivity index (χ2v) is 8.09. The van der Waals surface area contributed by atoms with Crippen molar-refractivity contribution < 1.29 is 38.1 Å². The molecule has 13 nitrogen and oxygen atoms in total. The zero-order chi connectivity index (χ0) is 25.9. The summed E-state index contributed by atoms with van der Waals surface area (Å²) in [4.78, 5) is 60.5. The van der Waals surface area contributed by atoms with Crippen LogP contribution >= 0.6 is 0 Å². The summed E-state index contributed by atoms with van der Waals surface area (Å²) in [5, 5.41) is 0.283. The summed E-state index contributed by atoms with van der Waals surface area (Å²) in [7, 11) is 1.41. The van der Waals surface area contributed by atoms with Crippen LogP contribution < -0.4 is 5.73 Å². The second kappa shape index (κ2) is 10.5. The van der Waals surface area contributed by atoms with Crippen molar-refractivity contribution in [1.29, 1.82) is 0 Å². The van der Waals surface area contributed by atoms with Crippen LogP contribution in [-0.2, 0) is 33.3 Å². The Balaban J connectivity index is 2.21. The number of rotatable bonds is 8. The minimum Gasteiger partial charge on any atom is -0.486 e. The normalized spacial score (nSPS) is 21.7. The zero-order valence-electron chi connectivity index (χ0n) is 20.0. The van der Waals surface area contributed by atoms with E-state index in [1.807, 2.05) is 0 Å². The summed E-state index contributed by atoms with van der Waals surface area (Å²) in [6.45, 7) is 5.30. The van der Waals surface area contributed by atoms with Gasteiger partial charge in [0.1, 0.15) is 17.6 Å². The summed E-state index contributed by atoms with van der Waals surface area (Å²) < 4.78 is 22.8. The van der Waals surface area contributed by atoms with Crippen molar-refractivity contribution in [2.24, 2.45) is 16.6 Å². The molecule has 1 aliphatic rings. The van der Waals surface area contributed by atoms with Crippen LogP contribution in [0.2, 0.25) is 0 Å². The molecule has 1 amide bonds. The van der Waals surface area contributed by atoms with Crippen LogP contribution in [0.1, 0.15) is 49.4 Å². The van der Waals surface area contributed by atoms with E-state index in [1.54, 1.807) is 11.5 Å². The lowest BCUT2D eigenvalue weighted by molar-refractivity contribution is -0.168. The molecule has 0 saturated heterocycles. The third-order valence-corrected chi connectivity index (χ3v) is 5.48. The van der Waals surface area contributed by atoms with E-state index < -0.39 is 48.0 Å². The number of ether oxygens (including phenoxy) is 4. The number of aliphatic imine (C=N–C) groups is 1. The first kappa shape index (κ1) is 25.6. The number of fused-ring (bicyclic) bond motifs is 1. The summed E-state index contributed by atoms with van der Waals surface area (Å²) in [5.41, 5.74) is 6.05. The fourth-order valence-corrected chi connectivity index (χ4v) is 4.29. The highest BCUT2D eigenvalue weighted by Crippen LogP contribution is 2.42. The number of carbonyl (C=O) groups is 4. The molecule has 2 N–H and O–H groups in total. The molecule has 0 aromatic carbocycles. The van der Waals surface area contributed by atoms with Crippen LogP contribution in [0.3, 0.4) is 0 Å². The van der Waals surface area contributed by atoms with Crippen LogP contribution in [0.4, 0.5) is 5.82 Å². The van der Waals surface area contributed by atoms with Crippen molar-refractivity contribution in [3.63, 3.8) is 0 Å². The topological polar surface area (TPSA) is 174 Å². The molecule has 0 unspecified atom stereocenters. The molecule has 2 aromatic rings. The predicted octanol–water partition coefficient (Wildman–Crippen LogP) is 1.13. The molecule has 0 radical (unpaired) electrons. The maximum atomic E-state index is 12.3. The first-order valence-corrected chi connectivity index (χ1v) is 10.8. The van der Waals surface area contributed by atoms with E-state index in [0.29, 0.717) is 11.5 Å².